The maximum atomic E-state index is 11.7. The van der Waals surface area contributed by atoms with Crippen molar-refractivity contribution in [1.82, 2.24) is 0 Å². The van der Waals surface area contributed by atoms with Gasteiger partial charge in [0.25, 0.3) is 0 Å². The van der Waals surface area contributed by atoms with Gasteiger partial charge in [0.1, 0.15) is 5.88 Å². The Balaban J connectivity index is 0.00000181. The molecule has 0 atom stereocenters. The molecule has 0 radical (unpaired) electrons. The number of carboxylic acids is 1. The van der Waals surface area contributed by atoms with Gasteiger partial charge in [-0.15, -0.1) is 11.6 Å². The molecular formula is C28H46ClNO6. The number of ether oxygens (including phenoxy) is 2. The molecule has 0 bridgehead atoms. The predicted octanol–water partition coefficient (Wildman–Crippen LogP) is 7.22. The molecule has 1 rings (SSSR count). The number of carbonyl (C=O) groups is 3. The summed E-state index contributed by atoms with van der Waals surface area (Å²) in [5.41, 5.74) is 1.32. The van der Waals surface area contributed by atoms with Crippen molar-refractivity contribution in [3.8, 4) is 0 Å². The van der Waals surface area contributed by atoms with Crippen LogP contribution in [0.25, 0.3) is 0 Å². The number of hydrogen-bond acceptors (Lipinski definition) is 6. The molecule has 36 heavy (non-hydrogen) atoms. The number of rotatable bonds is 20. The highest BCUT2D eigenvalue weighted by Crippen LogP contribution is 2.14. The maximum absolute atomic E-state index is 11.7. The molecule has 0 aliphatic carbocycles. The van der Waals surface area contributed by atoms with Gasteiger partial charge in [-0.3, -0.25) is 4.79 Å². The lowest BCUT2D eigenvalue weighted by atomic mass is 10.0. The van der Waals surface area contributed by atoms with Crippen molar-refractivity contribution in [3.05, 3.63) is 29.8 Å². The molecule has 0 amide bonds. The summed E-state index contributed by atoms with van der Waals surface area (Å²) in [5, 5.41) is 11.9. The Kier molecular flexibility index (Phi) is 22.9. The van der Waals surface area contributed by atoms with Gasteiger partial charge in [0, 0.05) is 12.2 Å². The van der Waals surface area contributed by atoms with E-state index in [1.807, 2.05) is 12.1 Å². The van der Waals surface area contributed by atoms with E-state index in [9.17, 15) is 14.4 Å². The Bertz CT molecular complexity index is 690. The van der Waals surface area contributed by atoms with Crippen molar-refractivity contribution >= 4 is 35.2 Å². The highest BCUT2D eigenvalue weighted by Gasteiger charge is 2.08. The molecule has 0 aromatic heterocycles. The van der Waals surface area contributed by atoms with E-state index in [1.165, 1.54) is 90.6 Å². The smallest absolute Gasteiger partial charge is 0.341 e. The van der Waals surface area contributed by atoms with Crippen LogP contribution in [0.1, 0.15) is 107 Å². The zero-order valence-corrected chi connectivity index (χ0v) is 23.0. The SMILES string of the molecule is CCCCCCCCCCCCCCCCNc1ccc(C(=O)OCC(=O)O)cc1.COC(=O)CCl. The quantitative estimate of drug-likeness (QED) is 0.105. The fourth-order valence-electron chi connectivity index (χ4n) is 3.54. The van der Waals surface area contributed by atoms with Crippen molar-refractivity contribution in [1.29, 1.82) is 0 Å². The third kappa shape index (κ3) is 21.0. The van der Waals surface area contributed by atoms with Gasteiger partial charge < -0.3 is 19.9 Å². The Morgan fingerprint density at radius 2 is 1.28 bits per heavy atom. The molecule has 0 unspecified atom stereocenters. The first-order chi connectivity index (χ1) is 17.4. The fraction of sp³-hybridized carbons (Fsp3) is 0.679. The second-order valence-electron chi connectivity index (χ2n) is 8.78. The molecule has 206 valence electrons. The van der Waals surface area contributed by atoms with Gasteiger partial charge in [0.05, 0.1) is 12.7 Å². The van der Waals surface area contributed by atoms with Crippen molar-refractivity contribution in [3.63, 3.8) is 0 Å². The van der Waals surface area contributed by atoms with Crippen LogP contribution in [0.4, 0.5) is 5.69 Å². The number of methoxy groups -OCH3 is 1. The van der Waals surface area contributed by atoms with E-state index in [1.54, 1.807) is 12.1 Å². The number of halogens is 1. The molecule has 0 spiro atoms. The highest BCUT2D eigenvalue weighted by molar-refractivity contribution is 6.26. The monoisotopic (exact) mass is 527 g/mol. The van der Waals surface area contributed by atoms with Crippen molar-refractivity contribution in [2.45, 2.75) is 96.8 Å². The van der Waals surface area contributed by atoms with Gasteiger partial charge >= 0.3 is 17.9 Å². The summed E-state index contributed by atoms with van der Waals surface area (Å²) >= 11 is 4.98. The normalized spacial score (nSPS) is 10.2. The minimum Gasteiger partial charge on any atom is -0.479 e. The summed E-state index contributed by atoms with van der Waals surface area (Å²) < 4.78 is 8.79. The Morgan fingerprint density at radius 1 is 0.806 bits per heavy atom. The molecule has 0 saturated carbocycles. The van der Waals surface area contributed by atoms with E-state index < -0.39 is 24.5 Å². The third-order valence-corrected chi connectivity index (χ3v) is 5.86. The van der Waals surface area contributed by atoms with Gasteiger partial charge in [0.2, 0.25) is 0 Å². The van der Waals surface area contributed by atoms with E-state index in [0.29, 0.717) is 5.56 Å². The van der Waals surface area contributed by atoms with Crippen molar-refractivity contribution in [2.24, 2.45) is 0 Å². The molecule has 0 saturated heterocycles. The lowest BCUT2D eigenvalue weighted by Gasteiger charge is -2.07. The fourth-order valence-corrected chi connectivity index (χ4v) is 3.65. The van der Waals surface area contributed by atoms with E-state index in [2.05, 4.69) is 21.7 Å². The molecule has 7 nitrogen and oxygen atoms in total. The van der Waals surface area contributed by atoms with Gasteiger partial charge in [-0.05, 0) is 30.7 Å². The summed E-state index contributed by atoms with van der Waals surface area (Å²) in [6.45, 7) is 2.57. The van der Waals surface area contributed by atoms with Crippen LogP contribution < -0.4 is 5.32 Å². The minimum atomic E-state index is -1.16. The molecule has 0 fully saturated rings. The number of carboxylic acid groups (broad SMARTS) is 1. The Morgan fingerprint density at radius 3 is 1.67 bits per heavy atom. The van der Waals surface area contributed by atoms with Crippen LogP contribution in [-0.2, 0) is 19.1 Å². The Hall–Kier alpha value is -2.28. The third-order valence-electron chi connectivity index (χ3n) is 5.64. The standard InChI is InChI=1S/C25H41NO4.C3H5ClO2/c1-2-3-4-5-6-7-8-9-10-11-12-13-14-15-20-26-23-18-16-22(17-19-23)25(29)30-21-24(27)28;1-6-3(5)2-4/h16-19,26H,2-15,20-21H2,1H3,(H,27,28);2H2,1H3. The number of hydrogen-bond donors (Lipinski definition) is 2. The first-order valence-corrected chi connectivity index (χ1v) is 13.8. The first-order valence-electron chi connectivity index (χ1n) is 13.3. The highest BCUT2D eigenvalue weighted by atomic mass is 35.5. The average molecular weight is 528 g/mol. The maximum Gasteiger partial charge on any atom is 0.341 e. The molecule has 1 aromatic rings. The van der Waals surface area contributed by atoms with Crippen LogP contribution in [-0.4, -0.2) is 49.2 Å². The van der Waals surface area contributed by atoms with Crippen LogP contribution in [0.3, 0.4) is 0 Å². The summed E-state index contributed by atoms with van der Waals surface area (Å²) in [4.78, 5) is 31.9. The van der Waals surface area contributed by atoms with E-state index >= 15 is 0 Å². The number of nitrogens with one attached hydrogen (secondary N) is 1. The lowest BCUT2D eigenvalue weighted by Crippen LogP contribution is -2.13. The van der Waals surface area contributed by atoms with Gasteiger partial charge in [-0.2, -0.15) is 0 Å². The summed E-state index contributed by atoms with van der Waals surface area (Å²) in [6.07, 6.45) is 19.0. The van der Waals surface area contributed by atoms with E-state index in [-0.39, 0.29) is 5.88 Å². The Labute approximate surface area is 222 Å². The average Bonchev–Trinajstić information content (AvgIpc) is 2.89. The number of alkyl halides is 1. The number of benzene rings is 1. The van der Waals surface area contributed by atoms with Crippen LogP contribution in [0.2, 0.25) is 0 Å². The van der Waals surface area contributed by atoms with Gasteiger partial charge in [-0.25, -0.2) is 9.59 Å². The number of anilines is 1. The van der Waals surface area contributed by atoms with Gasteiger partial charge in [-0.1, -0.05) is 90.4 Å². The zero-order chi connectivity index (χ0) is 26.9. The van der Waals surface area contributed by atoms with E-state index in [0.717, 1.165) is 18.7 Å². The lowest BCUT2D eigenvalue weighted by molar-refractivity contribution is -0.140. The van der Waals surface area contributed by atoms with Crippen LogP contribution in [0.15, 0.2) is 24.3 Å². The number of carbonyl (C=O) groups excluding carboxylic acids is 2. The van der Waals surface area contributed by atoms with Crippen molar-refractivity contribution < 1.29 is 29.0 Å². The van der Waals surface area contributed by atoms with Crippen LogP contribution in [0.5, 0.6) is 0 Å². The molecule has 0 heterocycles. The van der Waals surface area contributed by atoms with Crippen molar-refractivity contribution in [2.75, 3.05) is 31.5 Å². The predicted molar refractivity (Wildman–Crippen MR) is 146 cm³/mol. The topological polar surface area (TPSA) is 102 Å². The number of aliphatic carboxylic acids is 1. The largest absolute Gasteiger partial charge is 0.479 e. The van der Waals surface area contributed by atoms with Crippen LogP contribution in [0, 0.1) is 0 Å². The second-order valence-corrected chi connectivity index (χ2v) is 9.05. The molecule has 2 N–H and O–H groups in total. The van der Waals surface area contributed by atoms with E-state index in [4.69, 9.17) is 16.7 Å². The number of unbranched alkanes of at least 4 members (excludes halogenated alkanes) is 13. The summed E-state index contributed by atoms with van der Waals surface area (Å²) in [5.74, 6) is -2.22. The van der Waals surface area contributed by atoms with Crippen LogP contribution >= 0.6 is 11.6 Å². The van der Waals surface area contributed by atoms with Gasteiger partial charge in [0.15, 0.2) is 6.61 Å². The molecule has 0 aliphatic rings. The zero-order valence-electron chi connectivity index (χ0n) is 22.2. The summed E-state index contributed by atoms with van der Waals surface area (Å²) in [6, 6.07) is 6.94. The first kappa shape index (κ1) is 33.7. The minimum absolute atomic E-state index is 0.0590. The summed E-state index contributed by atoms with van der Waals surface area (Å²) in [7, 11) is 1.30. The molecular weight excluding hydrogens is 482 g/mol. The number of esters is 2. The molecule has 1 aromatic carbocycles. The second kappa shape index (κ2) is 24.4. The molecule has 8 heteroatoms. The molecule has 0 aliphatic heterocycles.